The molecule has 1 fully saturated rings. The maximum absolute atomic E-state index is 4.35. The largest absolute Gasteiger partial charge is 0.341 e. The number of halogens is 2. The number of nitrogens with zero attached hydrogens (tertiary/aromatic N) is 3. The van der Waals surface area contributed by atoms with E-state index < -0.39 is 0 Å². The molecule has 0 bridgehead atoms. The van der Waals surface area contributed by atoms with Gasteiger partial charge >= 0.3 is 0 Å². The van der Waals surface area contributed by atoms with Gasteiger partial charge in [0.2, 0.25) is 5.95 Å². The van der Waals surface area contributed by atoms with Crippen LogP contribution < -0.4 is 10.2 Å². The van der Waals surface area contributed by atoms with Crippen LogP contribution in [0.4, 0.5) is 5.95 Å². The average molecular weight is 279 g/mol. The van der Waals surface area contributed by atoms with Crippen LogP contribution in [0.15, 0.2) is 12.4 Å². The summed E-state index contributed by atoms with van der Waals surface area (Å²) in [5, 5.41) is 3.36. The zero-order chi connectivity index (χ0) is 10.7. The van der Waals surface area contributed by atoms with Crippen molar-refractivity contribution < 1.29 is 0 Å². The van der Waals surface area contributed by atoms with E-state index in [1.807, 2.05) is 19.3 Å². The molecule has 1 aliphatic rings. The van der Waals surface area contributed by atoms with Crippen molar-refractivity contribution in [3.63, 3.8) is 0 Å². The zero-order valence-corrected chi connectivity index (χ0v) is 11.9. The van der Waals surface area contributed by atoms with Gasteiger partial charge in [-0.15, -0.1) is 24.8 Å². The Labute approximate surface area is 115 Å². The molecule has 1 aromatic heterocycles. The monoisotopic (exact) mass is 278 g/mol. The van der Waals surface area contributed by atoms with Crippen molar-refractivity contribution in [3.8, 4) is 0 Å². The molecule has 0 atom stereocenters. The summed E-state index contributed by atoms with van der Waals surface area (Å²) < 4.78 is 0. The van der Waals surface area contributed by atoms with Crippen LogP contribution in [0.5, 0.6) is 0 Å². The lowest BCUT2D eigenvalue weighted by Gasteiger charge is -2.31. The summed E-state index contributed by atoms with van der Waals surface area (Å²) in [6, 6.07) is 0.578. The molecule has 4 nitrogen and oxygen atoms in total. The average Bonchev–Trinajstić information content (AvgIpc) is 2.30. The molecule has 0 aliphatic carbocycles. The SMILES string of the molecule is Cc1cnc(N(C)C2CCNCC2)nc1.Cl.Cl. The summed E-state index contributed by atoms with van der Waals surface area (Å²) >= 11 is 0. The lowest BCUT2D eigenvalue weighted by Crippen LogP contribution is -2.41. The van der Waals surface area contributed by atoms with Gasteiger partial charge in [-0.2, -0.15) is 0 Å². The number of anilines is 1. The molecule has 17 heavy (non-hydrogen) atoms. The van der Waals surface area contributed by atoms with E-state index in [1.165, 1.54) is 12.8 Å². The molecule has 1 aromatic rings. The number of rotatable bonds is 2. The Hall–Kier alpha value is -0.580. The molecule has 0 unspecified atom stereocenters. The van der Waals surface area contributed by atoms with Crippen LogP contribution in [0.1, 0.15) is 18.4 Å². The van der Waals surface area contributed by atoms with Crippen LogP contribution in [0, 0.1) is 6.92 Å². The molecule has 6 heteroatoms. The highest BCUT2D eigenvalue weighted by Crippen LogP contribution is 2.15. The number of aromatic nitrogens is 2. The fraction of sp³-hybridized carbons (Fsp3) is 0.636. The maximum atomic E-state index is 4.35. The number of aryl methyl sites for hydroxylation is 1. The van der Waals surface area contributed by atoms with Gasteiger partial charge in [0, 0.05) is 25.5 Å². The van der Waals surface area contributed by atoms with Gasteiger partial charge in [-0.3, -0.25) is 0 Å². The van der Waals surface area contributed by atoms with Crippen LogP contribution in [0.2, 0.25) is 0 Å². The Balaban J connectivity index is 0.00000128. The van der Waals surface area contributed by atoms with Crippen LogP contribution in [0.3, 0.4) is 0 Å². The van der Waals surface area contributed by atoms with Gasteiger partial charge in [-0.1, -0.05) is 0 Å². The summed E-state index contributed by atoms with van der Waals surface area (Å²) in [6.45, 7) is 4.20. The van der Waals surface area contributed by atoms with E-state index in [4.69, 9.17) is 0 Å². The predicted molar refractivity (Wildman–Crippen MR) is 75.6 cm³/mol. The first-order valence-corrected chi connectivity index (χ1v) is 5.49. The topological polar surface area (TPSA) is 41.1 Å². The van der Waals surface area contributed by atoms with E-state index in [-0.39, 0.29) is 24.8 Å². The first-order valence-electron chi connectivity index (χ1n) is 5.49. The Bertz CT molecular complexity index is 312. The van der Waals surface area contributed by atoms with Crippen molar-refractivity contribution in [3.05, 3.63) is 18.0 Å². The molecule has 0 radical (unpaired) electrons. The van der Waals surface area contributed by atoms with Crippen molar-refractivity contribution in [1.82, 2.24) is 15.3 Å². The Morgan fingerprint density at radius 2 is 1.71 bits per heavy atom. The van der Waals surface area contributed by atoms with Gasteiger partial charge in [0.05, 0.1) is 0 Å². The van der Waals surface area contributed by atoms with Crippen LogP contribution in [-0.2, 0) is 0 Å². The number of hydrogen-bond acceptors (Lipinski definition) is 4. The molecule has 1 N–H and O–H groups in total. The van der Waals surface area contributed by atoms with Gasteiger partial charge in [0.25, 0.3) is 0 Å². The second kappa shape index (κ2) is 7.69. The Morgan fingerprint density at radius 3 is 2.24 bits per heavy atom. The summed E-state index contributed by atoms with van der Waals surface area (Å²) in [6.07, 6.45) is 6.10. The minimum absolute atomic E-state index is 0. The highest BCUT2D eigenvalue weighted by atomic mass is 35.5. The predicted octanol–water partition coefficient (Wildman–Crippen LogP) is 1.82. The molecule has 2 heterocycles. The van der Waals surface area contributed by atoms with E-state index in [2.05, 4.69) is 27.2 Å². The molecule has 2 rings (SSSR count). The van der Waals surface area contributed by atoms with Crippen LogP contribution >= 0.6 is 24.8 Å². The highest BCUT2D eigenvalue weighted by Gasteiger charge is 2.19. The summed E-state index contributed by atoms with van der Waals surface area (Å²) in [5.41, 5.74) is 1.11. The fourth-order valence-corrected chi connectivity index (χ4v) is 1.93. The van der Waals surface area contributed by atoms with Gasteiger partial charge in [-0.05, 0) is 38.4 Å². The summed E-state index contributed by atoms with van der Waals surface area (Å²) in [7, 11) is 2.08. The molecule has 1 aliphatic heterocycles. The highest BCUT2D eigenvalue weighted by molar-refractivity contribution is 5.85. The van der Waals surface area contributed by atoms with Crippen LogP contribution in [0.25, 0.3) is 0 Å². The van der Waals surface area contributed by atoms with Crippen molar-refractivity contribution >= 4 is 30.8 Å². The zero-order valence-electron chi connectivity index (χ0n) is 10.2. The smallest absolute Gasteiger partial charge is 0.225 e. The summed E-state index contributed by atoms with van der Waals surface area (Å²) in [5.74, 6) is 0.840. The van der Waals surface area contributed by atoms with Gasteiger partial charge < -0.3 is 10.2 Å². The lowest BCUT2D eigenvalue weighted by atomic mass is 10.1. The molecule has 98 valence electrons. The molecular weight excluding hydrogens is 259 g/mol. The maximum Gasteiger partial charge on any atom is 0.225 e. The minimum Gasteiger partial charge on any atom is -0.341 e. The Morgan fingerprint density at radius 1 is 1.18 bits per heavy atom. The number of piperidine rings is 1. The second-order valence-corrected chi connectivity index (χ2v) is 4.15. The third-order valence-electron chi connectivity index (χ3n) is 2.94. The van der Waals surface area contributed by atoms with Crippen molar-refractivity contribution in [2.24, 2.45) is 0 Å². The standard InChI is InChI=1S/C11H18N4.2ClH/c1-9-7-13-11(14-8-9)15(2)10-3-5-12-6-4-10;;/h7-8,10,12H,3-6H2,1-2H3;2*1H. The first kappa shape index (κ1) is 16.4. The molecule has 0 spiro atoms. The first-order chi connectivity index (χ1) is 7.27. The van der Waals surface area contributed by atoms with E-state index in [9.17, 15) is 0 Å². The normalized spacial score (nSPS) is 15.6. The van der Waals surface area contributed by atoms with Gasteiger partial charge in [-0.25, -0.2) is 9.97 Å². The van der Waals surface area contributed by atoms with E-state index in [0.717, 1.165) is 24.6 Å². The van der Waals surface area contributed by atoms with Crippen LogP contribution in [-0.4, -0.2) is 36.1 Å². The fourth-order valence-electron chi connectivity index (χ4n) is 1.93. The van der Waals surface area contributed by atoms with Crippen molar-refractivity contribution in [2.45, 2.75) is 25.8 Å². The minimum atomic E-state index is 0. The molecule has 0 amide bonds. The third kappa shape index (κ3) is 4.30. The quantitative estimate of drug-likeness (QED) is 0.896. The number of hydrogen-bond donors (Lipinski definition) is 1. The molecular formula is C11H20Cl2N4. The molecule has 0 aromatic carbocycles. The number of nitrogens with one attached hydrogen (secondary N) is 1. The Kier molecular flexibility index (Phi) is 7.43. The van der Waals surface area contributed by atoms with Crippen molar-refractivity contribution in [2.75, 3.05) is 25.0 Å². The van der Waals surface area contributed by atoms with E-state index in [0.29, 0.717) is 6.04 Å². The van der Waals surface area contributed by atoms with Gasteiger partial charge in [0.15, 0.2) is 0 Å². The van der Waals surface area contributed by atoms with E-state index in [1.54, 1.807) is 0 Å². The van der Waals surface area contributed by atoms with E-state index >= 15 is 0 Å². The molecule has 0 saturated carbocycles. The molecule has 1 saturated heterocycles. The van der Waals surface area contributed by atoms with Crippen molar-refractivity contribution in [1.29, 1.82) is 0 Å². The lowest BCUT2D eigenvalue weighted by molar-refractivity contribution is 0.439. The third-order valence-corrected chi connectivity index (χ3v) is 2.94. The summed E-state index contributed by atoms with van der Waals surface area (Å²) in [4.78, 5) is 10.9. The van der Waals surface area contributed by atoms with Gasteiger partial charge in [0.1, 0.15) is 0 Å². The second-order valence-electron chi connectivity index (χ2n) is 4.15.